The topological polar surface area (TPSA) is 42.0 Å². The molecule has 1 aliphatic heterocycles. The Balaban J connectivity index is 1.60. The molecule has 0 bridgehead atoms. The number of nitrogens with zero attached hydrogens (tertiary/aromatic N) is 2. The first kappa shape index (κ1) is 21.8. The minimum Gasteiger partial charge on any atom is -0.497 e. The van der Waals surface area contributed by atoms with Crippen LogP contribution in [0.3, 0.4) is 0 Å². The van der Waals surface area contributed by atoms with Crippen LogP contribution in [0.1, 0.15) is 31.4 Å². The van der Waals surface area contributed by atoms with Crippen molar-refractivity contribution in [3.8, 4) is 5.75 Å². The molecule has 2 atom stereocenters. The van der Waals surface area contributed by atoms with Gasteiger partial charge in [0, 0.05) is 32.2 Å². The summed E-state index contributed by atoms with van der Waals surface area (Å²) in [4.78, 5) is 17.5. The molecule has 1 fully saturated rings. The van der Waals surface area contributed by atoms with Crippen LogP contribution in [0, 0.1) is 0 Å². The molecular formula is C23H32N2O3S. The van der Waals surface area contributed by atoms with Gasteiger partial charge in [-0.25, -0.2) is 0 Å². The van der Waals surface area contributed by atoms with Gasteiger partial charge in [-0.15, -0.1) is 0 Å². The number of methoxy groups -OCH3 is 1. The van der Waals surface area contributed by atoms with Gasteiger partial charge < -0.3 is 14.4 Å². The van der Waals surface area contributed by atoms with Gasteiger partial charge in [0.2, 0.25) is 5.91 Å². The smallest absolute Gasteiger partial charge is 0.227 e. The maximum atomic E-state index is 13.1. The van der Waals surface area contributed by atoms with E-state index < -0.39 is 0 Å². The summed E-state index contributed by atoms with van der Waals surface area (Å²) in [6.07, 6.45) is 1.38. The van der Waals surface area contributed by atoms with Crippen LogP contribution in [0.2, 0.25) is 0 Å². The third-order valence-electron chi connectivity index (χ3n) is 5.57. The number of amides is 1. The molecule has 0 saturated carbocycles. The number of hydrogen-bond acceptors (Lipinski definition) is 5. The lowest BCUT2D eigenvalue weighted by atomic mass is 10.1. The second-order valence-corrected chi connectivity index (χ2v) is 8.47. The van der Waals surface area contributed by atoms with E-state index in [0.717, 1.165) is 44.0 Å². The zero-order chi connectivity index (χ0) is 20.6. The van der Waals surface area contributed by atoms with Crippen LogP contribution in [-0.2, 0) is 22.5 Å². The average molecular weight is 417 g/mol. The van der Waals surface area contributed by atoms with Gasteiger partial charge in [-0.3, -0.25) is 9.69 Å². The summed E-state index contributed by atoms with van der Waals surface area (Å²) in [7, 11) is 1.65. The van der Waals surface area contributed by atoms with E-state index in [-0.39, 0.29) is 18.1 Å². The molecule has 0 spiro atoms. The van der Waals surface area contributed by atoms with E-state index in [2.05, 4.69) is 35.6 Å². The van der Waals surface area contributed by atoms with Gasteiger partial charge in [-0.05, 0) is 53.4 Å². The highest BCUT2D eigenvalue weighted by atomic mass is 32.1. The minimum atomic E-state index is 0.0520. The Kier molecular flexibility index (Phi) is 8.09. The predicted molar refractivity (Wildman–Crippen MR) is 118 cm³/mol. The van der Waals surface area contributed by atoms with Gasteiger partial charge in [-0.1, -0.05) is 19.1 Å². The number of benzene rings is 1. The molecule has 1 amide bonds. The molecule has 0 N–H and O–H groups in total. The van der Waals surface area contributed by atoms with E-state index in [4.69, 9.17) is 9.47 Å². The van der Waals surface area contributed by atoms with E-state index in [0.29, 0.717) is 13.0 Å². The zero-order valence-corrected chi connectivity index (χ0v) is 18.5. The third kappa shape index (κ3) is 6.29. The van der Waals surface area contributed by atoms with Crippen molar-refractivity contribution >= 4 is 17.2 Å². The van der Waals surface area contributed by atoms with Crippen molar-refractivity contribution in [2.75, 3.05) is 33.4 Å². The summed E-state index contributed by atoms with van der Waals surface area (Å²) in [6.45, 7) is 8.36. The van der Waals surface area contributed by atoms with E-state index >= 15 is 0 Å². The van der Waals surface area contributed by atoms with Crippen molar-refractivity contribution in [2.24, 2.45) is 0 Å². The van der Waals surface area contributed by atoms with Crippen molar-refractivity contribution in [1.82, 2.24) is 9.80 Å². The van der Waals surface area contributed by atoms with Crippen LogP contribution in [0.25, 0.3) is 0 Å². The summed E-state index contributed by atoms with van der Waals surface area (Å²) in [6, 6.07) is 10.1. The highest BCUT2D eigenvalue weighted by Gasteiger charge is 2.27. The van der Waals surface area contributed by atoms with Crippen LogP contribution in [0.5, 0.6) is 5.75 Å². The highest BCUT2D eigenvalue weighted by Crippen LogP contribution is 2.17. The van der Waals surface area contributed by atoms with Crippen molar-refractivity contribution in [1.29, 1.82) is 0 Å². The number of carbonyl (C=O) groups is 1. The Morgan fingerprint density at radius 1 is 1.31 bits per heavy atom. The van der Waals surface area contributed by atoms with Crippen molar-refractivity contribution < 1.29 is 14.3 Å². The highest BCUT2D eigenvalue weighted by molar-refractivity contribution is 7.07. The van der Waals surface area contributed by atoms with Gasteiger partial charge in [0.25, 0.3) is 0 Å². The van der Waals surface area contributed by atoms with E-state index in [1.807, 2.05) is 29.2 Å². The average Bonchev–Trinajstić information content (AvgIpc) is 3.25. The van der Waals surface area contributed by atoms with Gasteiger partial charge in [0.15, 0.2) is 0 Å². The molecule has 158 valence electrons. The van der Waals surface area contributed by atoms with E-state index in [1.54, 1.807) is 18.4 Å². The molecule has 0 aliphatic carbocycles. The van der Waals surface area contributed by atoms with Crippen LogP contribution in [0.15, 0.2) is 41.1 Å². The van der Waals surface area contributed by atoms with Crippen LogP contribution >= 0.6 is 11.3 Å². The molecule has 2 heterocycles. The molecule has 2 aromatic rings. The Morgan fingerprint density at radius 2 is 2.10 bits per heavy atom. The number of rotatable bonds is 9. The first-order chi connectivity index (χ1) is 14.1. The third-order valence-corrected chi connectivity index (χ3v) is 6.30. The quantitative estimate of drug-likeness (QED) is 0.623. The summed E-state index contributed by atoms with van der Waals surface area (Å²) in [5, 5.41) is 4.32. The molecule has 5 nitrogen and oxygen atoms in total. The lowest BCUT2D eigenvalue weighted by Gasteiger charge is -2.37. The SMILES string of the molecule is CCC(C)N(CC1CN(Cc2ccsc2)CCO1)C(=O)Cc1ccc(OC)cc1. The zero-order valence-electron chi connectivity index (χ0n) is 17.7. The predicted octanol–water partition coefficient (Wildman–Crippen LogP) is 3.83. The lowest BCUT2D eigenvalue weighted by Crippen LogP contribution is -2.50. The van der Waals surface area contributed by atoms with Crippen LogP contribution in [0.4, 0.5) is 0 Å². The molecule has 29 heavy (non-hydrogen) atoms. The van der Waals surface area contributed by atoms with Crippen LogP contribution < -0.4 is 4.74 Å². The Morgan fingerprint density at radius 3 is 2.76 bits per heavy atom. The molecule has 0 radical (unpaired) electrons. The molecule has 6 heteroatoms. The van der Waals surface area contributed by atoms with Gasteiger partial charge >= 0.3 is 0 Å². The number of hydrogen-bond donors (Lipinski definition) is 0. The second-order valence-electron chi connectivity index (χ2n) is 7.69. The van der Waals surface area contributed by atoms with Gasteiger partial charge in [0.05, 0.1) is 26.2 Å². The summed E-state index contributed by atoms with van der Waals surface area (Å²) in [5.41, 5.74) is 2.36. The fourth-order valence-electron chi connectivity index (χ4n) is 3.66. The lowest BCUT2D eigenvalue weighted by molar-refractivity contribution is -0.136. The number of ether oxygens (including phenoxy) is 2. The summed E-state index contributed by atoms with van der Waals surface area (Å²) >= 11 is 1.73. The number of carbonyl (C=O) groups excluding carboxylic acids is 1. The largest absolute Gasteiger partial charge is 0.497 e. The summed E-state index contributed by atoms with van der Waals surface area (Å²) in [5.74, 6) is 0.962. The molecule has 1 aromatic heterocycles. The second kappa shape index (κ2) is 10.8. The molecular weight excluding hydrogens is 384 g/mol. The molecule has 1 saturated heterocycles. The van der Waals surface area contributed by atoms with E-state index in [1.165, 1.54) is 5.56 Å². The molecule has 2 unspecified atom stereocenters. The normalized spacial score (nSPS) is 18.4. The Hall–Kier alpha value is -1.89. The monoisotopic (exact) mass is 416 g/mol. The number of morpholine rings is 1. The van der Waals surface area contributed by atoms with E-state index in [9.17, 15) is 4.79 Å². The summed E-state index contributed by atoms with van der Waals surface area (Å²) < 4.78 is 11.2. The fraction of sp³-hybridized carbons (Fsp3) is 0.522. The Bertz CT molecular complexity index is 748. The Labute approximate surface area is 178 Å². The van der Waals surface area contributed by atoms with Crippen molar-refractivity contribution in [2.45, 2.75) is 45.4 Å². The maximum Gasteiger partial charge on any atom is 0.227 e. The minimum absolute atomic E-state index is 0.0520. The molecule has 1 aromatic carbocycles. The van der Waals surface area contributed by atoms with Crippen molar-refractivity contribution in [3.05, 3.63) is 52.2 Å². The molecule has 1 aliphatic rings. The number of thiophene rings is 1. The van der Waals surface area contributed by atoms with Crippen molar-refractivity contribution in [3.63, 3.8) is 0 Å². The van der Waals surface area contributed by atoms with Crippen LogP contribution in [-0.4, -0.2) is 61.2 Å². The molecule has 3 rings (SSSR count). The first-order valence-corrected chi connectivity index (χ1v) is 11.3. The van der Waals surface area contributed by atoms with Gasteiger partial charge in [0.1, 0.15) is 5.75 Å². The first-order valence-electron chi connectivity index (χ1n) is 10.4. The maximum absolute atomic E-state index is 13.1. The fourth-order valence-corrected chi connectivity index (χ4v) is 4.32. The standard InChI is InChI=1S/C23H32N2O3S/c1-4-18(2)25(23(26)13-19-5-7-21(27-3)8-6-19)16-22-15-24(10-11-28-22)14-20-9-12-29-17-20/h5-9,12,17-18,22H,4,10-11,13-16H2,1-3H3. The van der Waals surface area contributed by atoms with Gasteiger partial charge in [-0.2, -0.15) is 11.3 Å².